The molecule has 0 aliphatic rings. The Hall–Kier alpha value is -2.24. The Bertz CT molecular complexity index is 876. The largest absolute Gasteiger partial charge is 0.493 e. The van der Waals surface area contributed by atoms with Crippen LogP contribution in [0.15, 0.2) is 36.4 Å². The second kappa shape index (κ2) is 7.76. The maximum Gasteiger partial charge on any atom is 0.160 e. The average Bonchev–Trinajstić information content (AvgIpc) is 2.96. The van der Waals surface area contributed by atoms with Crippen LogP contribution >= 0.6 is 11.6 Å². The van der Waals surface area contributed by atoms with Crippen LogP contribution in [0.5, 0.6) is 11.5 Å². The van der Waals surface area contributed by atoms with Crippen molar-refractivity contribution in [1.29, 1.82) is 0 Å². The first-order valence-electron chi connectivity index (χ1n) is 8.16. The van der Waals surface area contributed by atoms with Crippen LogP contribution in [0.1, 0.15) is 11.4 Å². The molecule has 25 heavy (non-hydrogen) atoms. The van der Waals surface area contributed by atoms with Gasteiger partial charge in [-0.05, 0) is 49.4 Å². The zero-order chi connectivity index (χ0) is 17.8. The fourth-order valence-corrected chi connectivity index (χ4v) is 3.13. The van der Waals surface area contributed by atoms with Crippen molar-refractivity contribution in [3.05, 3.63) is 52.8 Å². The molecular formula is C19H22ClN3O2. The summed E-state index contributed by atoms with van der Waals surface area (Å²) in [6.07, 6.45) is 0.856. The predicted octanol–water partition coefficient (Wildman–Crippen LogP) is 3.67. The van der Waals surface area contributed by atoms with Crippen molar-refractivity contribution in [3.8, 4) is 11.5 Å². The number of halogens is 1. The molecule has 0 saturated carbocycles. The Morgan fingerprint density at radius 1 is 1.08 bits per heavy atom. The van der Waals surface area contributed by atoms with Gasteiger partial charge in [0, 0.05) is 11.6 Å². The molecule has 132 valence electrons. The van der Waals surface area contributed by atoms with Gasteiger partial charge in [-0.15, -0.1) is 0 Å². The lowest BCUT2D eigenvalue weighted by molar-refractivity contribution is 0.354. The fraction of sp³-hybridized carbons (Fsp3) is 0.316. The topological polar surface area (TPSA) is 48.3 Å². The van der Waals surface area contributed by atoms with Crippen molar-refractivity contribution in [3.63, 3.8) is 0 Å². The van der Waals surface area contributed by atoms with Crippen molar-refractivity contribution >= 4 is 22.6 Å². The zero-order valence-electron chi connectivity index (χ0n) is 14.7. The number of aromatic nitrogens is 2. The van der Waals surface area contributed by atoms with Gasteiger partial charge in [-0.1, -0.05) is 17.7 Å². The molecule has 1 aromatic heterocycles. The van der Waals surface area contributed by atoms with Crippen LogP contribution in [-0.4, -0.2) is 30.8 Å². The Morgan fingerprint density at radius 3 is 2.60 bits per heavy atom. The van der Waals surface area contributed by atoms with Crippen LogP contribution in [-0.2, 0) is 19.5 Å². The Morgan fingerprint density at radius 2 is 1.88 bits per heavy atom. The number of ether oxygens (including phenoxy) is 2. The number of benzene rings is 2. The van der Waals surface area contributed by atoms with Gasteiger partial charge in [0.05, 0.1) is 31.8 Å². The molecule has 0 aliphatic heterocycles. The lowest BCUT2D eigenvalue weighted by Gasteiger charge is -2.12. The third-order valence-electron chi connectivity index (χ3n) is 4.20. The molecule has 0 saturated heterocycles. The number of fused-ring (bicyclic) bond motifs is 1. The number of rotatable bonds is 7. The summed E-state index contributed by atoms with van der Waals surface area (Å²) in [5.41, 5.74) is 3.19. The summed E-state index contributed by atoms with van der Waals surface area (Å²) >= 11 is 6.18. The first kappa shape index (κ1) is 17.6. The minimum absolute atomic E-state index is 0.707. The maximum absolute atomic E-state index is 6.18. The molecule has 0 fully saturated rings. The smallest absolute Gasteiger partial charge is 0.160 e. The van der Waals surface area contributed by atoms with Gasteiger partial charge in [0.2, 0.25) is 0 Å². The summed E-state index contributed by atoms with van der Waals surface area (Å²) in [6, 6.07) is 11.8. The monoisotopic (exact) mass is 359 g/mol. The van der Waals surface area contributed by atoms with Gasteiger partial charge in [0.15, 0.2) is 11.5 Å². The van der Waals surface area contributed by atoms with Gasteiger partial charge >= 0.3 is 0 Å². The molecule has 5 nitrogen and oxygen atoms in total. The summed E-state index contributed by atoms with van der Waals surface area (Å²) in [6.45, 7) is 1.52. The summed E-state index contributed by atoms with van der Waals surface area (Å²) in [7, 11) is 5.21. The van der Waals surface area contributed by atoms with E-state index in [1.165, 1.54) is 5.56 Å². The van der Waals surface area contributed by atoms with Gasteiger partial charge in [-0.25, -0.2) is 4.98 Å². The van der Waals surface area contributed by atoms with E-state index < -0.39 is 0 Å². The fourth-order valence-electron chi connectivity index (χ4n) is 2.97. The zero-order valence-corrected chi connectivity index (χ0v) is 15.4. The van der Waals surface area contributed by atoms with E-state index in [9.17, 15) is 0 Å². The summed E-state index contributed by atoms with van der Waals surface area (Å²) in [5, 5.41) is 3.90. The molecule has 1 heterocycles. The summed E-state index contributed by atoms with van der Waals surface area (Å²) in [5.74, 6) is 2.48. The first-order chi connectivity index (χ1) is 12.2. The summed E-state index contributed by atoms with van der Waals surface area (Å²) < 4.78 is 12.9. The summed E-state index contributed by atoms with van der Waals surface area (Å²) in [4.78, 5) is 4.71. The van der Waals surface area contributed by atoms with Gasteiger partial charge in [-0.2, -0.15) is 0 Å². The molecule has 3 aromatic rings. The number of hydrogen-bond acceptors (Lipinski definition) is 4. The number of nitrogens with zero attached hydrogens (tertiary/aromatic N) is 2. The van der Waals surface area contributed by atoms with E-state index in [0.717, 1.165) is 46.3 Å². The third-order valence-corrected chi connectivity index (χ3v) is 4.43. The predicted molar refractivity (Wildman–Crippen MR) is 101 cm³/mol. The second-order valence-corrected chi connectivity index (χ2v) is 6.22. The molecule has 0 amide bonds. The van der Waals surface area contributed by atoms with Gasteiger partial charge < -0.3 is 19.4 Å². The molecule has 0 spiro atoms. The van der Waals surface area contributed by atoms with Gasteiger partial charge in [-0.3, -0.25) is 0 Å². The van der Waals surface area contributed by atoms with Crippen LogP contribution < -0.4 is 14.8 Å². The SMILES string of the molecule is CNCc1nc2ccc(Cl)cc2n1CCc1ccc(OC)c(OC)c1. The number of hydrogen-bond donors (Lipinski definition) is 1. The van der Waals surface area contributed by atoms with Crippen molar-refractivity contribution in [1.82, 2.24) is 14.9 Å². The molecule has 0 unspecified atom stereocenters. The van der Waals surface area contributed by atoms with E-state index >= 15 is 0 Å². The molecule has 3 rings (SSSR count). The number of nitrogens with one attached hydrogen (secondary N) is 1. The highest BCUT2D eigenvalue weighted by Gasteiger charge is 2.11. The standard InChI is InChI=1S/C19H22ClN3O2/c1-21-12-19-22-15-6-5-14(20)11-16(15)23(19)9-8-13-4-7-17(24-2)18(10-13)25-3/h4-7,10-11,21H,8-9,12H2,1-3H3. The lowest BCUT2D eigenvalue weighted by Crippen LogP contribution is -2.13. The van der Waals surface area contributed by atoms with Crippen molar-refractivity contribution in [2.45, 2.75) is 19.5 Å². The quantitative estimate of drug-likeness (QED) is 0.699. The molecule has 0 radical (unpaired) electrons. The van der Waals surface area contributed by atoms with E-state index in [4.69, 9.17) is 26.1 Å². The van der Waals surface area contributed by atoms with Crippen molar-refractivity contribution in [2.75, 3.05) is 21.3 Å². The van der Waals surface area contributed by atoms with Crippen LogP contribution in [0.4, 0.5) is 0 Å². The van der Waals surface area contributed by atoms with E-state index in [1.54, 1.807) is 14.2 Å². The van der Waals surface area contributed by atoms with Gasteiger partial charge in [0.25, 0.3) is 0 Å². The molecule has 0 atom stereocenters. The maximum atomic E-state index is 6.18. The molecule has 0 bridgehead atoms. The lowest BCUT2D eigenvalue weighted by atomic mass is 10.1. The highest BCUT2D eigenvalue weighted by atomic mass is 35.5. The highest BCUT2D eigenvalue weighted by molar-refractivity contribution is 6.31. The number of aryl methyl sites for hydroxylation is 2. The Labute approximate surface area is 152 Å². The van der Waals surface area contributed by atoms with Crippen LogP contribution in [0.3, 0.4) is 0 Å². The number of imidazole rings is 1. The Balaban J connectivity index is 1.89. The normalized spacial score (nSPS) is 11.0. The molecule has 2 aromatic carbocycles. The van der Waals surface area contributed by atoms with Crippen LogP contribution in [0.2, 0.25) is 5.02 Å². The minimum atomic E-state index is 0.707. The second-order valence-electron chi connectivity index (χ2n) is 5.78. The number of methoxy groups -OCH3 is 2. The van der Waals surface area contributed by atoms with Gasteiger partial charge in [0.1, 0.15) is 5.82 Å². The van der Waals surface area contributed by atoms with E-state index in [-0.39, 0.29) is 0 Å². The van der Waals surface area contributed by atoms with E-state index in [1.807, 2.05) is 37.4 Å². The molecule has 0 aliphatic carbocycles. The first-order valence-corrected chi connectivity index (χ1v) is 8.54. The minimum Gasteiger partial charge on any atom is -0.493 e. The van der Waals surface area contributed by atoms with E-state index in [2.05, 4.69) is 16.0 Å². The highest BCUT2D eigenvalue weighted by Crippen LogP contribution is 2.28. The van der Waals surface area contributed by atoms with E-state index in [0.29, 0.717) is 6.54 Å². The van der Waals surface area contributed by atoms with Crippen molar-refractivity contribution in [2.24, 2.45) is 0 Å². The molecule has 1 N–H and O–H groups in total. The third kappa shape index (κ3) is 3.72. The Kier molecular flexibility index (Phi) is 5.46. The van der Waals surface area contributed by atoms with Crippen LogP contribution in [0, 0.1) is 0 Å². The van der Waals surface area contributed by atoms with Crippen molar-refractivity contribution < 1.29 is 9.47 Å². The van der Waals surface area contributed by atoms with Crippen LogP contribution in [0.25, 0.3) is 11.0 Å². The average molecular weight is 360 g/mol. The molecular weight excluding hydrogens is 338 g/mol. The molecule has 6 heteroatoms.